The number of unbranched alkanes of at least 4 members (excludes halogenated alkanes) is 13. The molecule has 0 saturated heterocycles. The van der Waals surface area contributed by atoms with Gasteiger partial charge < -0.3 is 4.90 Å². The molecule has 0 saturated carbocycles. The maximum Gasteiger partial charge on any atom is 0.240 e. The van der Waals surface area contributed by atoms with Gasteiger partial charge in [-0.05, 0) is 13.0 Å². The topological polar surface area (TPSA) is 3.24 Å². The van der Waals surface area contributed by atoms with E-state index in [2.05, 4.69) is 46.9 Å². The Labute approximate surface area is 159 Å². The molecule has 1 unspecified atom stereocenters. The van der Waals surface area contributed by atoms with Gasteiger partial charge >= 0.3 is 0 Å². The van der Waals surface area contributed by atoms with Gasteiger partial charge in [-0.1, -0.05) is 90.4 Å². The number of rotatable bonds is 16. The number of quaternary nitrogens is 1. The lowest BCUT2D eigenvalue weighted by atomic mass is 10.0. The van der Waals surface area contributed by atoms with Crippen LogP contribution in [-0.4, -0.2) is 21.6 Å². The van der Waals surface area contributed by atoms with Crippen LogP contribution < -0.4 is 0 Å². The van der Waals surface area contributed by atoms with Crippen LogP contribution in [0, 0.1) is 0 Å². The Morgan fingerprint density at radius 2 is 1.33 bits per heavy atom. The van der Waals surface area contributed by atoms with Crippen LogP contribution in [0.3, 0.4) is 0 Å². The lowest BCUT2D eigenvalue weighted by molar-refractivity contribution is -0.666. The number of halogens is 1. The average Bonchev–Trinajstić information content (AvgIpc) is 2.97. The largest absolute Gasteiger partial charge is 0.325 e. The molecular formula is C21H40BrN2+. The Morgan fingerprint density at radius 3 is 1.75 bits per heavy atom. The van der Waals surface area contributed by atoms with Gasteiger partial charge in [0.25, 0.3) is 0 Å². The summed E-state index contributed by atoms with van der Waals surface area (Å²) in [5.41, 5.74) is 0. The second kappa shape index (κ2) is 13.9. The number of nitrogens with zero attached hydrogens (tertiary/aromatic N) is 2. The Kier molecular flexibility index (Phi) is 12.6. The molecular weight excluding hydrogens is 360 g/mol. The van der Waals surface area contributed by atoms with Crippen molar-refractivity contribution in [3.8, 4) is 0 Å². The highest BCUT2D eigenvalue weighted by Crippen LogP contribution is 2.24. The first-order valence-corrected chi connectivity index (χ1v) is 11.1. The third-order valence-electron chi connectivity index (χ3n) is 5.03. The molecule has 0 aromatic rings. The summed E-state index contributed by atoms with van der Waals surface area (Å²) in [6, 6.07) is 0. The Hall–Kier alpha value is -0.280. The minimum atomic E-state index is 0.658. The Balaban J connectivity index is 1.77. The second-order valence-electron chi connectivity index (χ2n) is 7.36. The van der Waals surface area contributed by atoms with Crippen molar-refractivity contribution in [2.75, 3.05) is 13.2 Å². The van der Waals surface area contributed by atoms with Gasteiger partial charge in [0.05, 0.1) is 6.20 Å². The Bertz CT molecular complexity index is 343. The van der Waals surface area contributed by atoms with Crippen LogP contribution in [0.5, 0.6) is 0 Å². The van der Waals surface area contributed by atoms with Gasteiger partial charge in [0, 0.05) is 6.54 Å². The lowest BCUT2D eigenvalue weighted by Crippen LogP contribution is -2.30. The normalized spacial score (nSPS) is 20.0. The molecule has 0 aromatic carbocycles. The van der Waals surface area contributed by atoms with Crippen molar-refractivity contribution < 1.29 is 3.51 Å². The zero-order chi connectivity index (χ0) is 17.5. The van der Waals surface area contributed by atoms with Gasteiger partial charge in [0.2, 0.25) is 16.1 Å². The van der Waals surface area contributed by atoms with Crippen LogP contribution in [-0.2, 0) is 0 Å². The minimum absolute atomic E-state index is 0.658. The summed E-state index contributed by atoms with van der Waals surface area (Å²) in [5, 5.41) is 0. The molecule has 0 fully saturated rings. The molecule has 2 nitrogen and oxygen atoms in total. The van der Waals surface area contributed by atoms with Crippen molar-refractivity contribution in [3.05, 3.63) is 25.2 Å². The molecule has 24 heavy (non-hydrogen) atoms. The zero-order valence-corrected chi connectivity index (χ0v) is 17.6. The summed E-state index contributed by atoms with van der Waals surface area (Å²) in [5.74, 6) is 0. The van der Waals surface area contributed by atoms with Gasteiger partial charge in [-0.15, -0.1) is 0 Å². The highest BCUT2D eigenvalue weighted by molar-refractivity contribution is 9.05. The highest BCUT2D eigenvalue weighted by atomic mass is 79.9. The Morgan fingerprint density at radius 1 is 0.875 bits per heavy atom. The van der Waals surface area contributed by atoms with Crippen molar-refractivity contribution >= 4 is 16.1 Å². The summed E-state index contributed by atoms with van der Waals surface area (Å²) in [4.78, 5) is 2.39. The molecule has 0 radical (unpaired) electrons. The van der Waals surface area contributed by atoms with Crippen molar-refractivity contribution in [1.29, 1.82) is 0 Å². The molecule has 0 aromatic heterocycles. The average molecular weight is 400 g/mol. The predicted octanol–water partition coefficient (Wildman–Crippen LogP) is 7.48. The van der Waals surface area contributed by atoms with Crippen molar-refractivity contribution in [2.45, 2.75) is 96.8 Å². The zero-order valence-electron chi connectivity index (χ0n) is 16.0. The van der Waals surface area contributed by atoms with E-state index in [1.54, 1.807) is 0 Å². The van der Waals surface area contributed by atoms with E-state index in [1.165, 1.54) is 96.4 Å². The van der Waals surface area contributed by atoms with Gasteiger partial charge in [0.1, 0.15) is 12.4 Å². The molecule has 0 spiro atoms. The molecule has 3 heteroatoms. The first-order chi connectivity index (χ1) is 11.7. The maximum absolute atomic E-state index is 3.87. The van der Waals surface area contributed by atoms with E-state index in [9.17, 15) is 0 Å². The van der Waals surface area contributed by atoms with E-state index >= 15 is 0 Å². The van der Waals surface area contributed by atoms with E-state index < -0.39 is 0 Å². The molecule has 1 aliphatic rings. The van der Waals surface area contributed by atoms with E-state index in [1.807, 2.05) is 6.20 Å². The molecule has 140 valence electrons. The van der Waals surface area contributed by atoms with E-state index in [-0.39, 0.29) is 0 Å². The van der Waals surface area contributed by atoms with E-state index in [4.69, 9.17) is 0 Å². The minimum Gasteiger partial charge on any atom is -0.325 e. The highest BCUT2D eigenvalue weighted by Gasteiger charge is 2.26. The van der Waals surface area contributed by atoms with Crippen LogP contribution in [0.1, 0.15) is 96.8 Å². The van der Waals surface area contributed by atoms with Crippen molar-refractivity contribution in [3.63, 3.8) is 0 Å². The summed E-state index contributed by atoms with van der Waals surface area (Å²) >= 11 is 3.66. The number of hydrogen-bond donors (Lipinski definition) is 0. The summed E-state index contributed by atoms with van der Waals surface area (Å²) in [7, 11) is 0. The van der Waals surface area contributed by atoms with Crippen LogP contribution >= 0.6 is 16.1 Å². The first-order valence-electron chi connectivity index (χ1n) is 10.3. The molecule has 0 bridgehead atoms. The molecule has 0 N–H and O–H groups in total. The van der Waals surface area contributed by atoms with Crippen LogP contribution in [0.25, 0.3) is 0 Å². The quantitative estimate of drug-likeness (QED) is 0.192. The predicted molar refractivity (Wildman–Crippen MR) is 110 cm³/mol. The molecule has 1 heterocycles. The van der Waals surface area contributed by atoms with E-state index in [0.717, 1.165) is 6.67 Å². The van der Waals surface area contributed by atoms with Gasteiger partial charge in [-0.2, -0.15) is 3.51 Å². The maximum atomic E-state index is 3.87. The smallest absolute Gasteiger partial charge is 0.240 e. The van der Waals surface area contributed by atoms with Crippen molar-refractivity contribution in [2.24, 2.45) is 0 Å². The molecule has 1 aliphatic heterocycles. The fourth-order valence-electron chi connectivity index (χ4n) is 3.35. The van der Waals surface area contributed by atoms with Gasteiger partial charge in [0.15, 0.2) is 6.67 Å². The lowest BCUT2D eigenvalue weighted by Gasteiger charge is -2.20. The monoisotopic (exact) mass is 399 g/mol. The van der Waals surface area contributed by atoms with Gasteiger partial charge in [-0.25, -0.2) is 0 Å². The third-order valence-corrected chi connectivity index (χ3v) is 5.78. The van der Waals surface area contributed by atoms with Crippen LogP contribution in [0.2, 0.25) is 0 Å². The number of hydrogen-bond acceptors (Lipinski definition) is 1. The molecule has 1 atom stereocenters. The first kappa shape index (κ1) is 21.8. The van der Waals surface area contributed by atoms with Crippen LogP contribution in [0.4, 0.5) is 0 Å². The second-order valence-corrected chi connectivity index (χ2v) is 8.68. The molecule has 0 amide bonds. The molecule has 1 rings (SSSR count). The summed E-state index contributed by atoms with van der Waals surface area (Å²) in [6.45, 7) is 8.31. The van der Waals surface area contributed by atoms with E-state index in [0.29, 0.717) is 3.51 Å². The SMILES string of the molecule is C=C[N+]1(Br)C=CN(CCCCCCCCCCCCCCCC)C1. The summed E-state index contributed by atoms with van der Waals surface area (Å²) < 4.78 is 0.658. The standard InChI is InChI=1S/C21H40BrN2/c1-3-5-6-7-8-9-10-11-12-13-14-15-16-17-18-23-19-20-24(22,4-2)21-23/h4,19-20H,2-3,5-18,21H2,1H3/q+1. The summed E-state index contributed by atoms with van der Waals surface area (Å²) in [6.07, 6.45) is 26.2. The molecule has 0 aliphatic carbocycles. The fraction of sp³-hybridized carbons (Fsp3) is 0.810. The van der Waals surface area contributed by atoms with Gasteiger partial charge in [-0.3, -0.25) is 0 Å². The third kappa shape index (κ3) is 10.6. The van der Waals surface area contributed by atoms with Crippen LogP contribution in [0.15, 0.2) is 25.2 Å². The fourth-order valence-corrected chi connectivity index (χ4v) is 3.74. The van der Waals surface area contributed by atoms with Crippen molar-refractivity contribution in [1.82, 2.24) is 4.90 Å².